The van der Waals surface area contributed by atoms with E-state index in [0.29, 0.717) is 5.56 Å². The monoisotopic (exact) mass is 309 g/mol. The van der Waals surface area contributed by atoms with E-state index in [9.17, 15) is 18.5 Å². The molecule has 0 amide bonds. The summed E-state index contributed by atoms with van der Waals surface area (Å²) in [6, 6.07) is 3.62. The minimum atomic E-state index is -3.95. The van der Waals surface area contributed by atoms with Crippen LogP contribution in [0, 0.1) is 17.0 Å². The summed E-state index contributed by atoms with van der Waals surface area (Å²) >= 11 is 0. The lowest BCUT2D eigenvalue weighted by atomic mass is 10.2. The summed E-state index contributed by atoms with van der Waals surface area (Å²) in [7, 11) is -3.95. The molecule has 0 radical (unpaired) electrons. The van der Waals surface area contributed by atoms with Crippen LogP contribution in [-0.4, -0.2) is 25.9 Å². The van der Waals surface area contributed by atoms with Gasteiger partial charge in [-0.1, -0.05) is 12.1 Å². The van der Waals surface area contributed by atoms with Crippen molar-refractivity contribution in [2.75, 3.05) is 6.54 Å². The molecule has 0 unspecified atom stereocenters. The second-order valence-electron chi connectivity index (χ2n) is 3.94. The number of aryl methyl sites for hydroxylation is 1. The first-order chi connectivity index (χ1) is 8.29. The van der Waals surface area contributed by atoms with Gasteiger partial charge in [-0.3, -0.25) is 10.1 Å². The Labute approximate surface area is 117 Å². The van der Waals surface area contributed by atoms with E-state index in [1.165, 1.54) is 19.1 Å². The van der Waals surface area contributed by atoms with Crippen molar-refractivity contribution < 1.29 is 13.3 Å². The lowest BCUT2D eigenvalue weighted by Crippen LogP contribution is -2.38. The highest BCUT2D eigenvalue weighted by molar-refractivity contribution is 7.89. The molecule has 0 fully saturated rings. The van der Waals surface area contributed by atoms with Gasteiger partial charge in [-0.25, -0.2) is 13.1 Å². The van der Waals surface area contributed by atoms with Crippen LogP contribution < -0.4 is 10.5 Å². The zero-order chi connectivity index (χ0) is 13.9. The van der Waals surface area contributed by atoms with Crippen LogP contribution in [0.2, 0.25) is 0 Å². The zero-order valence-electron chi connectivity index (χ0n) is 10.5. The van der Waals surface area contributed by atoms with Crippen LogP contribution in [0.15, 0.2) is 23.1 Å². The van der Waals surface area contributed by atoms with Crippen LogP contribution in [-0.2, 0) is 10.0 Å². The predicted octanol–water partition coefficient (Wildman–Crippen LogP) is 0.951. The van der Waals surface area contributed by atoms with E-state index in [1.807, 2.05) is 0 Å². The largest absolute Gasteiger partial charge is 0.329 e. The van der Waals surface area contributed by atoms with Gasteiger partial charge < -0.3 is 5.73 Å². The number of nitro benzene ring substituents is 1. The first kappa shape index (κ1) is 17.8. The maximum Gasteiger partial charge on any atom is 0.289 e. The van der Waals surface area contributed by atoms with Gasteiger partial charge in [-0.2, -0.15) is 0 Å². The summed E-state index contributed by atoms with van der Waals surface area (Å²) in [6.45, 7) is 3.20. The van der Waals surface area contributed by atoms with Crippen molar-refractivity contribution in [3.63, 3.8) is 0 Å². The third kappa shape index (κ3) is 4.13. The second-order valence-corrected chi connectivity index (χ2v) is 5.59. The minimum absolute atomic E-state index is 0. The summed E-state index contributed by atoms with van der Waals surface area (Å²) in [5.41, 5.74) is 5.21. The van der Waals surface area contributed by atoms with Crippen LogP contribution in [0.1, 0.15) is 12.5 Å². The third-order valence-corrected chi connectivity index (χ3v) is 4.15. The number of nitro groups is 1. The van der Waals surface area contributed by atoms with Crippen LogP contribution in [0.5, 0.6) is 0 Å². The van der Waals surface area contributed by atoms with Gasteiger partial charge in [0.2, 0.25) is 10.0 Å². The summed E-state index contributed by atoms with van der Waals surface area (Å²) in [5, 5.41) is 10.9. The van der Waals surface area contributed by atoms with Gasteiger partial charge in [0.25, 0.3) is 5.69 Å². The molecule has 1 rings (SSSR count). The molecule has 108 valence electrons. The molecular weight excluding hydrogens is 294 g/mol. The van der Waals surface area contributed by atoms with Crippen molar-refractivity contribution in [2.24, 2.45) is 5.73 Å². The Balaban J connectivity index is 0.00000324. The van der Waals surface area contributed by atoms with Crippen LogP contribution in [0.25, 0.3) is 0 Å². The van der Waals surface area contributed by atoms with Crippen LogP contribution in [0.4, 0.5) is 5.69 Å². The summed E-state index contributed by atoms with van der Waals surface area (Å²) in [6.07, 6.45) is 0. The van der Waals surface area contributed by atoms with Crippen molar-refractivity contribution in [3.05, 3.63) is 33.9 Å². The van der Waals surface area contributed by atoms with E-state index in [0.717, 1.165) is 6.07 Å². The average molecular weight is 310 g/mol. The van der Waals surface area contributed by atoms with Crippen molar-refractivity contribution in [1.29, 1.82) is 0 Å². The molecular formula is C10H16ClN3O4S. The predicted molar refractivity (Wildman–Crippen MR) is 73.9 cm³/mol. The Morgan fingerprint density at radius 3 is 2.53 bits per heavy atom. The van der Waals surface area contributed by atoms with E-state index in [4.69, 9.17) is 5.73 Å². The number of hydrogen-bond acceptors (Lipinski definition) is 5. The first-order valence-electron chi connectivity index (χ1n) is 5.26. The number of nitrogens with zero attached hydrogens (tertiary/aromatic N) is 1. The highest BCUT2D eigenvalue weighted by Gasteiger charge is 2.28. The number of rotatable bonds is 5. The molecule has 0 aliphatic rings. The van der Waals surface area contributed by atoms with Crippen molar-refractivity contribution in [2.45, 2.75) is 24.8 Å². The molecule has 0 aromatic heterocycles. The van der Waals surface area contributed by atoms with Gasteiger partial charge in [0, 0.05) is 18.7 Å². The Morgan fingerprint density at radius 2 is 2.05 bits per heavy atom. The molecule has 19 heavy (non-hydrogen) atoms. The molecule has 7 nitrogen and oxygen atoms in total. The topological polar surface area (TPSA) is 115 Å². The van der Waals surface area contributed by atoms with Crippen molar-refractivity contribution in [1.82, 2.24) is 4.72 Å². The van der Waals surface area contributed by atoms with E-state index >= 15 is 0 Å². The summed E-state index contributed by atoms with van der Waals surface area (Å²) in [4.78, 5) is 9.84. The standard InChI is InChI=1S/C10H15N3O4S.ClH/c1-7-4-3-5-9(13(14)15)10(7)18(16,17)12-8(2)6-11;/h3-5,8,12H,6,11H2,1-2H3;1H/t8-;/m1./s1. The molecule has 3 N–H and O–H groups in total. The van der Waals surface area contributed by atoms with Crippen LogP contribution >= 0.6 is 12.4 Å². The first-order valence-corrected chi connectivity index (χ1v) is 6.74. The Kier molecular flexibility index (Phi) is 6.37. The minimum Gasteiger partial charge on any atom is -0.329 e. The fourth-order valence-corrected chi connectivity index (χ4v) is 3.16. The van der Waals surface area contributed by atoms with Crippen LogP contribution in [0.3, 0.4) is 0 Å². The smallest absolute Gasteiger partial charge is 0.289 e. The number of nitrogens with two attached hydrogens (primary N) is 1. The number of halogens is 1. The second kappa shape index (κ2) is 6.80. The fourth-order valence-electron chi connectivity index (χ4n) is 1.50. The van der Waals surface area contributed by atoms with Gasteiger partial charge in [-0.15, -0.1) is 12.4 Å². The molecule has 1 atom stereocenters. The molecule has 0 spiro atoms. The summed E-state index contributed by atoms with van der Waals surface area (Å²) < 4.78 is 26.5. The number of nitrogens with one attached hydrogen (secondary N) is 1. The lowest BCUT2D eigenvalue weighted by Gasteiger charge is -2.13. The van der Waals surface area contributed by atoms with Gasteiger partial charge in [0.1, 0.15) is 0 Å². The fraction of sp³-hybridized carbons (Fsp3) is 0.400. The SMILES string of the molecule is Cc1cccc([N+](=O)[O-])c1S(=O)(=O)N[C@H](C)CN.Cl. The maximum atomic E-state index is 12.1. The van der Waals surface area contributed by atoms with Gasteiger partial charge in [0.15, 0.2) is 4.90 Å². The summed E-state index contributed by atoms with van der Waals surface area (Å²) in [5.74, 6) is 0. The average Bonchev–Trinajstić information content (AvgIpc) is 2.27. The molecule has 0 saturated carbocycles. The van der Waals surface area contributed by atoms with Gasteiger partial charge in [-0.05, 0) is 19.4 Å². The molecule has 0 saturated heterocycles. The molecule has 0 heterocycles. The Hall–Kier alpha value is -1.22. The highest BCUT2D eigenvalue weighted by Crippen LogP contribution is 2.26. The Bertz CT molecular complexity index is 562. The lowest BCUT2D eigenvalue weighted by molar-refractivity contribution is -0.387. The molecule has 0 bridgehead atoms. The van der Waals surface area contributed by atoms with Gasteiger partial charge in [0.05, 0.1) is 4.92 Å². The van der Waals surface area contributed by atoms with E-state index in [-0.39, 0.29) is 23.8 Å². The quantitative estimate of drug-likeness (QED) is 0.620. The maximum absolute atomic E-state index is 12.1. The Morgan fingerprint density at radius 1 is 1.47 bits per heavy atom. The third-order valence-electron chi connectivity index (χ3n) is 2.37. The normalized spacial score (nSPS) is 12.6. The molecule has 9 heteroatoms. The van der Waals surface area contributed by atoms with E-state index in [2.05, 4.69) is 4.72 Å². The van der Waals surface area contributed by atoms with E-state index in [1.54, 1.807) is 6.92 Å². The molecule has 1 aromatic carbocycles. The molecule has 0 aliphatic carbocycles. The number of hydrogen-bond donors (Lipinski definition) is 2. The molecule has 0 aliphatic heterocycles. The highest BCUT2D eigenvalue weighted by atomic mass is 35.5. The van der Waals surface area contributed by atoms with Gasteiger partial charge >= 0.3 is 0 Å². The molecule has 1 aromatic rings. The number of benzene rings is 1. The van der Waals surface area contributed by atoms with E-state index < -0.39 is 26.7 Å². The van der Waals surface area contributed by atoms with Crippen molar-refractivity contribution >= 4 is 28.1 Å². The number of sulfonamides is 1. The zero-order valence-corrected chi connectivity index (χ0v) is 12.1. The van der Waals surface area contributed by atoms with Crippen molar-refractivity contribution in [3.8, 4) is 0 Å².